The van der Waals surface area contributed by atoms with E-state index in [0.29, 0.717) is 6.61 Å². The number of aliphatic carboxylic acids is 1. The Morgan fingerprint density at radius 2 is 1.88 bits per heavy atom. The molecule has 0 fully saturated rings. The summed E-state index contributed by atoms with van der Waals surface area (Å²) in [7, 11) is -1.35. The van der Waals surface area contributed by atoms with Crippen molar-refractivity contribution in [2.24, 2.45) is 0 Å². The molecule has 0 unspecified atom stereocenters. The molecule has 0 saturated carbocycles. The van der Waals surface area contributed by atoms with Gasteiger partial charge in [-0.2, -0.15) is 0 Å². The van der Waals surface area contributed by atoms with Crippen LogP contribution in [0.5, 0.6) is 0 Å². The molecule has 0 aromatic rings. The lowest BCUT2D eigenvalue weighted by atomic mass is 10.5. The average Bonchev–Trinajstić information content (AvgIpc) is 2.33. The maximum absolute atomic E-state index is 10.2. The van der Waals surface area contributed by atoms with Crippen molar-refractivity contribution < 1.29 is 14.6 Å². The van der Waals surface area contributed by atoms with Crippen molar-refractivity contribution in [3.63, 3.8) is 0 Å². The number of hydrogen-bond donors (Lipinski definition) is 1. The Hall–Kier alpha value is -1.05. The number of carbonyl (C=O) groups is 1. The van der Waals surface area contributed by atoms with Gasteiger partial charge in [0.2, 0.25) is 0 Å². The van der Waals surface area contributed by atoms with Crippen LogP contribution in [0.3, 0.4) is 0 Å². The lowest BCUT2D eigenvalue weighted by Crippen LogP contribution is -2.29. The maximum atomic E-state index is 10.2. The van der Waals surface area contributed by atoms with E-state index >= 15 is 0 Å². The molecular formula is C13H22O3Si. The number of carboxylic acid groups (broad SMARTS) is 1. The van der Waals surface area contributed by atoms with Gasteiger partial charge in [-0.25, -0.2) is 4.79 Å². The monoisotopic (exact) mass is 254 g/mol. The molecule has 0 saturated heterocycles. The number of allylic oxidation sites excluding steroid dienone is 1. The highest BCUT2D eigenvalue weighted by molar-refractivity contribution is 6.87. The van der Waals surface area contributed by atoms with Gasteiger partial charge >= 0.3 is 5.97 Å². The average molecular weight is 254 g/mol. The van der Waals surface area contributed by atoms with Crippen molar-refractivity contribution in [1.29, 1.82) is 0 Å². The molecule has 0 aromatic heterocycles. The Labute approximate surface area is 105 Å². The molecule has 0 aliphatic heterocycles. The number of hydrogen-bond acceptors (Lipinski definition) is 2. The summed E-state index contributed by atoms with van der Waals surface area (Å²) in [6.07, 6.45) is 3.53. The van der Waals surface area contributed by atoms with Gasteiger partial charge in [-0.1, -0.05) is 32.8 Å². The van der Waals surface area contributed by atoms with Crippen LogP contribution < -0.4 is 0 Å². The second kappa shape index (κ2) is 9.03. The molecule has 17 heavy (non-hydrogen) atoms. The highest BCUT2D eigenvalue weighted by atomic mass is 28.3. The molecule has 96 valence electrons. The largest absolute Gasteiger partial charge is 0.480 e. The molecule has 0 bridgehead atoms. The van der Waals surface area contributed by atoms with Crippen LogP contribution in [0.2, 0.25) is 18.1 Å². The van der Waals surface area contributed by atoms with E-state index < -0.39 is 14.0 Å². The molecular weight excluding hydrogens is 232 g/mol. The second-order valence-corrected chi connectivity index (χ2v) is 8.85. The topological polar surface area (TPSA) is 46.5 Å². The van der Waals surface area contributed by atoms with Crippen molar-refractivity contribution in [3.8, 4) is 11.5 Å². The summed E-state index contributed by atoms with van der Waals surface area (Å²) in [5, 5.41) is 8.35. The van der Waals surface area contributed by atoms with Crippen LogP contribution in [0, 0.1) is 11.5 Å². The summed E-state index contributed by atoms with van der Waals surface area (Å²) in [6, 6.07) is 3.57. The van der Waals surface area contributed by atoms with Crippen molar-refractivity contribution in [2.75, 3.05) is 13.2 Å². The van der Waals surface area contributed by atoms with Crippen molar-refractivity contribution >= 4 is 14.0 Å². The predicted molar refractivity (Wildman–Crippen MR) is 72.6 cm³/mol. The van der Waals surface area contributed by atoms with Gasteiger partial charge in [0, 0.05) is 0 Å². The highest BCUT2D eigenvalue weighted by Gasteiger charge is 2.23. The zero-order valence-corrected chi connectivity index (χ0v) is 12.0. The van der Waals surface area contributed by atoms with Crippen LogP contribution in [0.15, 0.2) is 12.2 Å². The molecule has 0 rings (SSSR count). The van der Waals surface area contributed by atoms with Gasteiger partial charge in [0.1, 0.15) is 14.7 Å². The lowest BCUT2D eigenvalue weighted by molar-refractivity contribution is -0.141. The van der Waals surface area contributed by atoms with E-state index in [1.807, 2.05) is 0 Å². The molecule has 3 nitrogen and oxygen atoms in total. The number of carboxylic acids is 1. The van der Waals surface area contributed by atoms with Gasteiger partial charge in [0.25, 0.3) is 0 Å². The van der Waals surface area contributed by atoms with Gasteiger partial charge in [-0.15, -0.1) is 5.54 Å². The molecule has 0 aromatic carbocycles. The van der Waals surface area contributed by atoms with Crippen LogP contribution in [0.25, 0.3) is 0 Å². The van der Waals surface area contributed by atoms with Gasteiger partial charge in [-0.3, -0.25) is 0 Å². The Balaban J connectivity index is 4.08. The molecule has 0 heterocycles. The summed E-state index contributed by atoms with van der Waals surface area (Å²) in [6.45, 7) is 6.70. The maximum Gasteiger partial charge on any atom is 0.329 e. The molecule has 0 aliphatic carbocycles. The second-order valence-electron chi connectivity index (χ2n) is 3.92. The van der Waals surface area contributed by atoms with Crippen molar-refractivity contribution in [3.05, 3.63) is 12.2 Å². The van der Waals surface area contributed by atoms with Gasteiger partial charge in [0.05, 0.1) is 6.61 Å². The van der Waals surface area contributed by atoms with Crippen molar-refractivity contribution in [1.82, 2.24) is 0 Å². The first kappa shape index (κ1) is 15.9. The van der Waals surface area contributed by atoms with Gasteiger partial charge in [-0.05, 0) is 24.2 Å². The molecule has 0 amide bonds. The first-order valence-electron chi connectivity index (χ1n) is 6.07. The fourth-order valence-electron chi connectivity index (χ4n) is 1.53. The Morgan fingerprint density at radius 3 is 2.35 bits per heavy atom. The summed E-state index contributed by atoms with van der Waals surface area (Å²) in [5.41, 5.74) is 3.41. The van der Waals surface area contributed by atoms with Gasteiger partial charge in [0.15, 0.2) is 0 Å². The van der Waals surface area contributed by atoms with E-state index in [2.05, 4.69) is 32.2 Å². The molecule has 0 spiro atoms. The first-order chi connectivity index (χ1) is 8.10. The summed E-state index contributed by atoms with van der Waals surface area (Å²) in [4.78, 5) is 10.2. The zero-order chi connectivity index (χ0) is 13.1. The Morgan fingerprint density at radius 1 is 1.29 bits per heavy atom. The fourth-order valence-corrected chi connectivity index (χ4v) is 3.95. The third kappa shape index (κ3) is 6.98. The standard InChI is InChI=1S/C13H22O3Si/c1-4-17(5-2,6-3)11-9-7-8-10-16-12-13(14)15/h7-8H,4-6,10,12H2,1-3H3,(H,14,15)/b8-7-. The SMILES string of the molecule is CC[Si](C#C/C=C\COCC(=O)O)(CC)CC. The number of rotatable bonds is 7. The van der Waals surface area contributed by atoms with E-state index in [1.165, 1.54) is 18.1 Å². The van der Waals surface area contributed by atoms with E-state index in [4.69, 9.17) is 9.84 Å². The van der Waals surface area contributed by atoms with E-state index in [0.717, 1.165) is 0 Å². The third-order valence-corrected chi connectivity index (χ3v) is 7.74. The van der Waals surface area contributed by atoms with E-state index in [-0.39, 0.29) is 6.61 Å². The molecule has 4 heteroatoms. The minimum atomic E-state index is -1.35. The summed E-state index contributed by atoms with van der Waals surface area (Å²) in [5.74, 6) is 2.13. The number of ether oxygens (including phenoxy) is 1. The quantitative estimate of drug-likeness (QED) is 0.432. The zero-order valence-electron chi connectivity index (χ0n) is 11.0. The van der Waals surface area contributed by atoms with E-state index in [1.54, 1.807) is 12.2 Å². The summed E-state index contributed by atoms with van der Waals surface area (Å²) >= 11 is 0. The Bertz CT molecular complexity index is 300. The molecule has 0 atom stereocenters. The van der Waals surface area contributed by atoms with E-state index in [9.17, 15) is 4.79 Å². The third-order valence-electron chi connectivity index (χ3n) is 3.01. The lowest BCUT2D eigenvalue weighted by Gasteiger charge is -2.19. The normalized spacial score (nSPS) is 11.2. The first-order valence-corrected chi connectivity index (χ1v) is 8.69. The Kier molecular flexibility index (Phi) is 8.47. The molecule has 0 aliphatic rings. The fraction of sp³-hybridized carbons (Fsp3) is 0.615. The smallest absolute Gasteiger partial charge is 0.329 e. The van der Waals surface area contributed by atoms with Crippen LogP contribution in [-0.2, 0) is 9.53 Å². The highest BCUT2D eigenvalue weighted by Crippen LogP contribution is 2.18. The van der Waals surface area contributed by atoms with Gasteiger partial charge < -0.3 is 9.84 Å². The minimum Gasteiger partial charge on any atom is -0.480 e. The summed E-state index contributed by atoms with van der Waals surface area (Å²) < 4.78 is 4.86. The molecule has 1 N–H and O–H groups in total. The van der Waals surface area contributed by atoms with Crippen molar-refractivity contribution in [2.45, 2.75) is 38.9 Å². The van der Waals surface area contributed by atoms with Crippen LogP contribution >= 0.6 is 0 Å². The van der Waals surface area contributed by atoms with Crippen LogP contribution in [-0.4, -0.2) is 32.4 Å². The minimum absolute atomic E-state index is 0.255. The van der Waals surface area contributed by atoms with Crippen LogP contribution in [0.1, 0.15) is 20.8 Å². The predicted octanol–water partition coefficient (Wildman–Crippen LogP) is 2.69. The molecule has 0 radical (unpaired) electrons. The van der Waals surface area contributed by atoms with Crippen LogP contribution in [0.4, 0.5) is 0 Å².